The van der Waals surface area contributed by atoms with E-state index in [0.29, 0.717) is 19.3 Å². The number of rotatable bonds is 45. The number of aliphatic hydroxyl groups excluding tert-OH is 4. The fraction of sp³-hybridized carbons (Fsp3) is 0.900. The molecule has 0 heterocycles. The monoisotopic (exact) mass is 792 g/mol. The Morgan fingerprint density at radius 1 is 0.429 bits per heavy atom. The normalized spacial score (nSPS) is 14.2. The molecule has 0 bridgehead atoms. The van der Waals surface area contributed by atoms with Crippen LogP contribution in [0.15, 0.2) is 24.3 Å². The van der Waals surface area contributed by atoms with E-state index in [1.54, 1.807) is 0 Å². The zero-order valence-electron chi connectivity index (χ0n) is 37.4. The summed E-state index contributed by atoms with van der Waals surface area (Å²) in [5.74, 6) is -0.594. The topological polar surface area (TPSA) is 110 Å². The Balaban J connectivity index is 3.62. The molecule has 0 saturated carbocycles. The van der Waals surface area contributed by atoms with Crippen LogP contribution in [0.5, 0.6) is 0 Å². The van der Waals surface area contributed by atoms with Gasteiger partial charge in [0, 0.05) is 0 Å². The Hall–Kier alpha value is -1.21. The summed E-state index contributed by atoms with van der Waals surface area (Å²) >= 11 is 0. The molecular formula is C50H97NO5. The molecule has 56 heavy (non-hydrogen) atoms. The third-order valence-electron chi connectivity index (χ3n) is 11.6. The van der Waals surface area contributed by atoms with Crippen molar-refractivity contribution in [2.24, 2.45) is 0 Å². The molecule has 0 aliphatic carbocycles. The Kier molecular flexibility index (Phi) is 43.9. The highest BCUT2D eigenvalue weighted by molar-refractivity contribution is 5.80. The number of hydrogen-bond donors (Lipinski definition) is 5. The van der Waals surface area contributed by atoms with Gasteiger partial charge in [-0.2, -0.15) is 0 Å². The number of hydrogen-bond acceptors (Lipinski definition) is 5. The summed E-state index contributed by atoms with van der Waals surface area (Å²) in [7, 11) is 0. The number of aliphatic hydroxyl groups is 4. The fourth-order valence-corrected chi connectivity index (χ4v) is 7.72. The van der Waals surface area contributed by atoms with E-state index in [4.69, 9.17) is 0 Å². The smallest absolute Gasteiger partial charge is 0.249 e. The number of amides is 1. The van der Waals surface area contributed by atoms with Crippen LogP contribution in [0.2, 0.25) is 0 Å². The maximum Gasteiger partial charge on any atom is 0.249 e. The summed E-state index contributed by atoms with van der Waals surface area (Å²) in [6.07, 6.45) is 52.4. The molecule has 4 atom stereocenters. The third-order valence-corrected chi connectivity index (χ3v) is 11.6. The SMILES string of the molecule is CCCCCC/C=C/CC/C=C/CCCC(O)C(O)C(CO)NC(=O)C(O)CCCCCCCCCCCCCCCCCCCCCCCCCCCCC. The van der Waals surface area contributed by atoms with E-state index in [2.05, 4.69) is 43.5 Å². The molecule has 0 radical (unpaired) electrons. The molecule has 0 aromatic heterocycles. The van der Waals surface area contributed by atoms with Gasteiger partial charge in [-0.25, -0.2) is 0 Å². The number of allylic oxidation sites excluding steroid dienone is 4. The molecule has 0 aliphatic rings. The molecule has 332 valence electrons. The molecule has 0 aromatic rings. The standard InChI is InChI=1S/C50H97NO5/c1-3-5-7-9-11-13-15-17-18-19-20-21-22-23-24-25-26-27-28-29-30-32-34-36-38-40-42-44-48(54)50(56)51-46(45-52)49(55)47(53)43-41-39-37-35-33-31-16-14-12-10-8-6-4-2/h14,16,35,37,46-49,52-55H,3-13,15,17-34,36,38-45H2,1-2H3,(H,51,56)/b16-14+,37-35+. The quantitative estimate of drug-likeness (QED) is 0.0312. The van der Waals surface area contributed by atoms with Gasteiger partial charge in [0.25, 0.3) is 0 Å². The van der Waals surface area contributed by atoms with Crippen molar-refractivity contribution < 1.29 is 25.2 Å². The summed E-state index contributed by atoms with van der Waals surface area (Å²) in [6.45, 7) is 4.03. The minimum absolute atomic E-state index is 0.364. The van der Waals surface area contributed by atoms with Crippen molar-refractivity contribution in [3.8, 4) is 0 Å². The molecule has 5 N–H and O–H groups in total. The van der Waals surface area contributed by atoms with Gasteiger partial charge in [0.05, 0.1) is 18.8 Å². The van der Waals surface area contributed by atoms with Crippen molar-refractivity contribution in [2.45, 2.75) is 282 Å². The highest BCUT2D eigenvalue weighted by Crippen LogP contribution is 2.17. The van der Waals surface area contributed by atoms with Gasteiger partial charge in [-0.1, -0.05) is 231 Å². The number of unbranched alkanes of at least 4 members (excludes halogenated alkanes) is 32. The van der Waals surface area contributed by atoms with Crippen molar-refractivity contribution in [3.63, 3.8) is 0 Å². The molecule has 0 spiro atoms. The fourth-order valence-electron chi connectivity index (χ4n) is 7.72. The first kappa shape index (κ1) is 54.8. The van der Waals surface area contributed by atoms with E-state index in [9.17, 15) is 25.2 Å². The molecule has 0 aliphatic heterocycles. The summed E-state index contributed by atoms with van der Waals surface area (Å²) in [6, 6.07) is -1.00. The van der Waals surface area contributed by atoms with Gasteiger partial charge in [-0.05, 0) is 51.4 Å². The largest absolute Gasteiger partial charge is 0.394 e. The van der Waals surface area contributed by atoms with E-state index in [-0.39, 0.29) is 0 Å². The lowest BCUT2D eigenvalue weighted by Crippen LogP contribution is -2.53. The van der Waals surface area contributed by atoms with E-state index in [0.717, 1.165) is 44.9 Å². The predicted octanol–water partition coefficient (Wildman–Crippen LogP) is 13.5. The molecule has 0 rings (SSSR count). The van der Waals surface area contributed by atoms with Crippen LogP contribution in [0.25, 0.3) is 0 Å². The van der Waals surface area contributed by atoms with Crippen molar-refractivity contribution >= 4 is 5.91 Å². The summed E-state index contributed by atoms with van der Waals surface area (Å²) in [4.78, 5) is 12.5. The van der Waals surface area contributed by atoms with Gasteiger partial charge in [-0.3, -0.25) is 4.79 Å². The second-order valence-electron chi connectivity index (χ2n) is 17.2. The van der Waals surface area contributed by atoms with Gasteiger partial charge in [0.15, 0.2) is 0 Å². The second kappa shape index (κ2) is 44.9. The van der Waals surface area contributed by atoms with Crippen LogP contribution in [0.1, 0.15) is 258 Å². The van der Waals surface area contributed by atoms with E-state index < -0.39 is 36.9 Å². The summed E-state index contributed by atoms with van der Waals surface area (Å²) in [5, 5.41) is 43.7. The molecule has 4 unspecified atom stereocenters. The average molecular weight is 792 g/mol. The van der Waals surface area contributed by atoms with E-state index in [1.165, 1.54) is 180 Å². The van der Waals surface area contributed by atoms with Crippen LogP contribution < -0.4 is 5.32 Å². The minimum atomic E-state index is -1.29. The molecule has 1 amide bonds. The van der Waals surface area contributed by atoms with Crippen LogP contribution in [0, 0.1) is 0 Å². The van der Waals surface area contributed by atoms with E-state index in [1.807, 2.05) is 0 Å². The van der Waals surface area contributed by atoms with Gasteiger partial charge in [-0.15, -0.1) is 0 Å². The minimum Gasteiger partial charge on any atom is -0.394 e. The van der Waals surface area contributed by atoms with Crippen molar-refractivity contribution in [1.82, 2.24) is 5.32 Å². The van der Waals surface area contributed by atoms with Crippen LogP contribution in [0.3, 0.4) is 0 Å². The maximum absolute atomic E-state index is 12.5. The second-order valence-corrected chi connectivity index (χ2v) is 17.2. The van der Waals surface area contributed by atoms with E-state index >= 15 is 0 Å². The summed E-state index contributed by atoms with van der Waals surface area (Å²) in [5.41, 5.74) is 0. The first-order chi connectivity index (χ1) is 27.5. The zero-order chi connectivity index (χ0) is 41.0. The molecule has 6 heteroatoms. The molecule has 0 saturated heterocycles. The number of nitrogens with one attached hydrogen (secondary N) is 1. The first-order valence-corrected chi connectivity index (χ1v) is 24.7. The molecule has 6 nitrogen and oxygen atoms in total. The van der Waals surface area contributed by atoms with Crippen LogP contribution >= 0.6 is 0 Å². The molecule has 0 aromatic carbocycles. The van der Waals surface area contributed by atoms with Crippen LogP contribution in [-0.2, 0) is 4.79 Å². The van der Waals surface area contributed by atoms with Gasteiger partial charge in [0.1, 0.15) is 12.2 Å². The van der Waals surface area contributed by atoms with Gasteiger partial charge in [0.2, 0.25) is 5.91 Å². The van der Waals surface area contributed by atoms with Crippen LogP contribution in [0.4, 0.5) is 0 Å². The zero-order valence-corrected chi connectivity index (χ0v) is 37.4. The van der Waals surface area contributed by atoms with Crippen LogP contribution in [-0.4, -0.2) is 57.3 Å². The summed E-state index contributed by atoms with van der Waals surface area (Å²) < 4.78 is 0. The lowest BCUT2D eigenvalue weighted by molar-refractivity contribution is -0.132. The molecule has 0 fully saturated rings. The molecular weight excluding hydrogens is 695 g/mol. The number of carbonyl (C=O) groups is 1. The number of carbonyl (C=O) groups excluding carboxylic acids is 1. The Morgan fingerprint density at radius 3 is 1.12 bits per heavy atom. The first-order valence-electron chi connectivity index (χ1n) is 24.7. The Labute approximate surface area is 348 Å². The highest BCUT2D eigenvalue weighted by atomic mass is 16.3. The third kappa shape index (κ3) is 38.3. The lowest BCUT2D eigenvalue weighted by atomic mass is 10.00. The Bertz CT molecular complexity index is 847. The lowest BCUT2D eigenvalue weighted by Gasteiger charge is -2.27. The van der Waals surface area contributed by atoms with Crippen molar-refractivity contribution in [3.05, 3.63) is 24.3 Å². The van der Waals surface area contributed by atoms with Crippen molar-refractivity contribution in [1.29, 1.82) is 0 Å². The van der Waals surface area contributed by atoms with Gasteiger partial charge < -0.3 is 25.7 Å². The maximum atomic E-state index is 12.5. The Morgan fingerprint density at radius 2 is 0.750 bits per heavy atom. The van der Waals surface area contributed by atoms with Gasteiger partial charge >= 0.3 is 0 Å². The average Bonchev–Trinajstić information content (AvgIpc) is 3.20. The highest BCUT2D eigenvalue weighted by Gasteiger charge is 2.28. The van der Waals surface area contributed by atoms with Crippen molar-refractivity contribution in [2.75, 3.05) is 6.61 Å². The predicted molar refractivity (Wildman–Crippen MR) is 242 cm³/mol.